The molecule has 2 saturated heterocycles. The van der Waals surface area contributed by atoms with E-state index in [1.807, 2.05) is 11.8 Å². The normalized spacial score (nSPS) is 28.0. The molecule has 25 heavy (non-hydrogen) atoms. The number of allylic oxidation sites excluding steroid dienone is 2. The van der Waals surface area contributed by atoms with Crippen LogP contribution in [0, 0.1) is 11.8 Å². The van der Waals surface area contributed by atoms with Gasteiger partial charge in [0.25, 0.3) is 0 Å². The highest BCUT2D eigenvalue weighted by atomic mass is 32.2. The standard InChI is InChI=1S/C21H28O3S/c22-21(23)11-7-2-1-6-10-17-18(20-13-12-19(17)24-20)14-15-25-16-8-4-3-5-9-16/h1,3-6,8-9,17-20H,2,7,10-15H2,(H,22,23)/t17-,18-,19-,20+/m1/s1. The van der Waals surface area contributed by atoms with E-state index in [0.29, 0.717) is 24.0 Å². The lowest BCUT2D eigenvalue weighted by atomic mass is 9.76. The summed E-state index contributed by atoms with van der Waals surface area (Å²) in [6.07, 6.45) is 11.9. The number of fused-ring (bicyclic) bond motifs is 2. The molecule has 1 N–H and O–H groups in total. The number of hydrogen-bond acceptors (Lipinski definition) is 3. The van der Waals surface area contributed by atoms with Crippen LogP contribution in [-0.4, -0.2) is 29.0 Å². The molecule has 136 valence electrons. The molecule has 0 aliphatic carbocycles. The number of benzene rings is 1. The van der Waals surface area contributed by atoms with Crippen LogP contribution < -0.4 is 0 Å². The third kappa shape index (κ3) is 5.35. The number of hydrogen-bond donors (Lipinski definition) is 1. The van der Waals surface area contributed by atoms with Crippen molar-refractivity contribution in [2.75, 3.05) is 5.75 Å². The Morgan fingerprint density at radius 3 is 2.68 bits per heavy atom. The van der Waals surface area contributed by atoms with Gasteiger partial charge in [-0.2, -0.15) is 0 Å². The molecule has 1 aromatic carbocycles. The highest BCUT2D eigenvalue weighted by Gasteiger charge is 2.47. The second-order valence-corrected chi connectivity index (χ2v) is 8.23. The van der Waals surface area contributed by atoms with Crippen molar-refractivity contribution in [2.24, 2.45) is 11.8 Å². The van der Waals surface area contributed by atoms with E-state index in [0.717, 1.165) is 25.0 Å². The van der Waals surface area contributed by atoms with Crippen molar-refractivity contribution in [2.45, 2.75) is 62.0 Å². The van der Waals surface area contributed by atoms with E-state index in [4.69, 9.17) is 9.84 Å². The third-order valence-electron chi connectivity index (χ3n) is 5.39. The van der Waals surface area contributed by atoms with Crippen molar-refractivity contribution < 1.29 is 14.6 Å². The van der Waals surface area contributed by atoms with E-state index in [-0.39, 0.29) is 6.42 Å². The van der Waals surface area contributed by atoms with Crippen LogP contribution in [0.15, 0.2) is 47.4 Å². The minimum atomic E-state index is -0.703. The summed E-state index contributed by atoms with van der Waals surface area (Å²) in [6.45, 7) is 0. The van der Waals surface area contributed by atoms with Gasteiger partial charge in [-0.05, 0) is 68.2 Å². The van der Waals surface area contributed by atoms with E-state index < -0.39 is 5.97 Å². The zero-order chi connectivity index (χ0) is 17.5. The number of carbonyl (C=O) groups is 1. The molecule has 0 unspecified atom stereocenters. The van der Waals surface area contributed by atoms with Crippen LogP contribution in [0.4, 0.5) is 0 Å². The van der Waals surface area contributed by atoms with Crippen LogP contribution in [0.25, 0.3) is 0 Å². The van der Waals surface area contributed by atoms with Crippen molar-refractivity contribution in [1.82, 2.24) is 0 Å². The molecule has 0 saturated carbocycles. The van der Waals surface area contributed by atoms with Gasteiger partial charge in [-0.15, -0.1) is 11.8 Å². The van der Waals surface area contributed by atoms with Gasteiger partial charge in [-0.3, -0.25) is 4.79 Å². The average molecular weight is 361 g/mol. The topological polar surface area (TPSA) is 46.5 Å². The van der Waals surface area contributed by atoms with E-state index in [1.165, 1.54) is 24.2 Å². The van der Waals surface area contributed by atoms with Crippen LogP contribution >= 0.6 is 11.8 Å². The molecule has 2 aliphatic rings. The Kier molecular flexibility index (Phi) is 7.00. The first-order chi connectivity index (χ1) is 12.2. The van der Waals surface area contributed by atoms with Gasteiger partial charge in [0.2, 0.25) is 0 Å². The molecule has 4 heteroatoms. The molecule has 0 aromatic heterocycles. The Morgan fingerprint density at radius 2 is 1.92 bits per heavy atom. The molecule has 2 fully saturated rings. The molecule has 4 atom stereocenters. The smallest absolute Gasteiger partial charge is 0.303 e. The van der Waals surface area contributed by atoms with Gasteiger partial charge < -0.3 is 9.84 Å². The predicted octanol–water partition coefficient (Wildman–Crippen LogP) is 5.16. The lowest BCUT2D eigenvalue weighted by molar-refractivity contribution is -0.137. The summed E-state index contributed by atoms with van der Waals surface area (Å²) in [4.78, 5) is 11.9. The molecule has 0 radical (unpaired) electrons. The van der Waals surface area contributed by atoms with Crippen molar-refractivity contribution in [3.8, 4) is 0 Å². The van der Waals surface area contributed by atoms with E-state index in [1.54, 1.807) is 0 Å². The maximum Gasteiger partial charge on any atom is 0.303 e. The fourth-order valence-corrected chi connectivity index (χ4v) is 5.14. The number of carboxylic acids is 1. The molecule has 2 aliphatic heterocycles. The van der Waals surface area contributed by atoms with E-state index in [9.17, 15) is 4.79 Å². The van der Waals surface area contributed by atoms with Gasteiger partial charge >= 0.3 is 5.97 Å². The van der Waals surface area contributed by atoms with E-state index >= 15 is 0 Å². The fourth-order valence-electron chi connectivity index (χ4n) is 4.17. The Morgan fingerprint density at radius 1 is 1.16 bits per heavy atom. The van der Waals surface area contributed by atoms with Crippen LogP contribution in [-0.2, 0) is 9.53 Å². The third-order valence-corrected chi connectivity index (χ3v) is 6.44. The van der Waals surface area contributed by atoms with Crippen LogP contribution in [0.1, 0.15) is 44.9 Å². The molecule has 0 spiro atoms. The molecule has 2 heterocycles. The number of unbranched alkanes of at least 4 members (excludes halogenated alkanes) is 1. The summed E-state index contributed by atoms with van der Waals surface area (Å²) in [5.74, 6) is 1.77. The van der Waals surface area contributed by atoms with E-state index in [2.05, 4.69) is 42.5 Å². The highest BCUT2D eigenvalue weighted by molar-refractivity contribution is 7.99. The number of rotatable bonds is 10. The van der Waals surface area contributed by atoms with Crippen molar-refractivity contribution >= 4 is 17.7 Å². The Labute approximate surface area is 154 Å². The van der Waals surface area contributed by atoms with Gasteiger partial charge in [0.15, 0.2) is 0 Å². The molecular formula is C21H28O3S. The molecule has 3 rings (SSSR count). The second-order valence-electron chi connectivity index (χ2n) is 7.06. The van der Waals surface area contributed by atoms with Crippen LogP contribution in [0.2, 0.25) is 0 Å². The Hall–Kier alpha value is -1.26. The molecule has 0 amide bonds. The van der Waals surface area contributed by atoms with Crippen LogP contribution in [0.5, 0.6) is 0 Å². The van der Waals surface area contributed by atoms with Gasteiger partial charge in [-0.25, -0.2) is 0 Å². The predicted molar refractivity (Wildman–Crippen MR) is 102 cm³/mol. The first-order valence-electron chi connectivity index (χ1n) is 9.44. The van der Waals surface area contributed by atoms with Gasteiger partial charge in [-0.1, -0.05) is 30.4 Å². The summed E-state index contributed by atoms with van der Waals surface area (Å²) >= 11 is 1.95. The number of aliphatic carboxylic acids is 1. The maximum absolute atomic E-state index is 10.5. The maximum atomic E-state index is 10.5. The lowest BCUT2D eigenvalue weighted by Crippen LogP contribution is -2.27. The fraction of sp³-hybridized carbons (Fsp3) is 0.571. The summed E-state index contributed by atoms with van der Waals surface area (Å²) in [6, 6.07) is 10.6. The number of ether oxygens (including phenoxy) is 1. The monoisotopic (exact) mass is 360 g/mol. The second kappa shape index (κ2) is 9.44. The van der Waals surface area contributed by atoms with Crippen molar-refractivity contribution in [3.05, 3.63) is 42.5 Å². The van der Waals surface area contributed by atoms with Crippen LogP contribution in [0.3, 0.4) is 0 Å². The zero-order valence-corrected chi connectivity index (χ0v) is 15.5. The largest absolute Gasteiger partial charge is 0.481 e. The zero-order valence-electron chi connectivity index (χ0n) is 14.7. The summed E-state index contributed by atoms with van der Waals surface area (Å²) in [5, 5.41) is 8.67. The highest BCUT2D eigenvalue weighted by Crippen LogP contribution is 2.47. The summed E-state index contributed by atoms with van der Waals surface area (Å²) in [7, 11) is 0. The molecule has 3 nitrogen and oxygen atoms in total. The lowest BCUT2D eigenvalue weighted by Gasteiger charge is -2.27. The van der Waals surface area contributed by atoms with Gasteiger partial charge in [0, 0.05) is 11.3 Å². The average Bonchev–Trinajstić information content (AvgIpc) is 3.21. The number of carboxylic acid groups (broad SMARTS) is 1. The van der Waals surface area contributed by atoms with Gasteiger partial charge in [0.05, 0.1) is 12.2 Å². The minimum Gasteiger partial charge on any atom is -0.481 e. The minimum absolute atomic E-state index is 0.265. The molecule has 2 bridgehead atoms. The summed E-state index contributed by atoms with van der Waals surface area (Å²) in [5.41, 5.74) is 0. The van der Waals surface area contributed by atoms with Crippen molar-refractivity contribution in [3.63, 3.8) is 0 Å². The Balaban J connectivity index is 1.43. The SMILES string of the molecule is O=C(O)CCCC=CC[C@@H]1[C@@H](CCSc2ccccc2)[C@@H]2CC[C@H]1O2. The van der Waals surface area contributed by atoms with Crippen molar-refractivity contribution in [1.29, 1.82) is 0 Å². The Bertz CT molecular complexity index is 572. The first-order valence-corrected chi connectivity index (χ1v) is 10.4. The quantitative estimate of drug-likeness (QED) is 0.355. The first kappa shape index (κ1) is 18.5. The number of thioether (sulfide) groups is 1. The van der Waals surface area contributed by atoms with Gasteiger partial charge in [0.1, 0.15) is 0 Å². The molecular weight excluding hydrogens is 332 g/mol. The summed E-state index contributed by atoms with van der Waals surface area (Å²) < 4.78 is 6.19. The molecule has 1 aromatic rings.